The number of benzene rings is 2. The molecular formula is C21H18N6O. The molecule has 0 amide bonds. The molecule has 7 heteroatoms. The van der Waals surface area contributed by atoms with Crippen LogP contribution in [0.2, 0.25) is 0 Å². The van der Waals surface area contributed by atoms with E-state index in [1.54, 1.807) is 30.5 Å². The summed E-state index contributed by atoms with van der Waals surface area (Å²) in [6, 6.07) is 22.6. The van der Waals surface area contributed by atoms with Crippen LogP contribution in [0.4, 0.5) is 11.6 Å². The van der Waals surface area contributed by atoms with Crippen LogP contribution >= 0.6 is 0 Å². The lowest BCUT2D eigenvalue weighted by Crippen LogP contribution is -2.16. The molecule has 0 bridgehead atoms. The van der Waals surface area contributed by atoms with Crippen molar-refractivity contribution in [3.63, 3.8) is 0 Å². The van der Waals surface area contributed by atoms with E-state index in [4.69, 9.17) is 5.73 Å². The highest BCUT2D eigenvalue weighted by Crippen LogP contribution is 2.16. The molecule has 4 rings (SSSR count). The van der Waals surface area contributed by atoms with Crippen molar-refractivity contribution in [2.45, 2.75) is 6.54 Å². The van der Waals surface area contributed by atoms with E-state index in [1.165, 1.54) is 5.56 Å². The van der Waals surface area contributed by atoms with Gasteiger partial charge in [0.1, 0.15) is 5.69 Å². The predicted molar refractivity (Wildman–Crippen MR) is 108 cm³/mol. The number of rotatable bonds is 5. The SMILES string of the molecule is Nc1nc(-c2ccccn2)nn1C(=O)c1ccc(NCc2ccccc2)cc1. The summed E-state index contributed by atoms with van der Waals surface area (Å²) in [4.78, 5) is 21.1. The van der Waals surface area contributed by atoms with Gasteiger partial charge in [0.05, 0.1) is 0 Å². The maximum atomic E-state index is 12.7. The third-order valence-corrected chi connectivity index (χ3v) is 4.19. The average Bonchev–Trinajstić information content (AvgIpc) is 3.15. The van der Waals surface area contributed by atoms with Crippen LogP contribution in [-0.4, -0.2) is 25.7 Å². The van der Waals surface area contributed by atoms with Crippen LogP contribution in [0, 0.1) is 0 Å². The average molecular weight is 370 g/mol. The molecule has 0 radical (unpaired) electrons. The number of hydrogen-bond acceptors (Lipinski definition) is 6. The van der Waals surface area contributed by atoms with E-state index in [2.05, 4.69) is 32.5 Å². The molecule has 0 aliphatic rings. The summed E-state index contributed by atoms with van der Waals surface area (Å²) in [6.07, 6.45) is 1.63. The molecule has 0 saturated heterocycles. The number of carbonyl (C=O) groups excluding carboxylic acids is 1. The molecule has 0 aliphatic heterocycles. The van der Waals surface area contributed by atoms with Gasteiger partial charge in [0.15, 0.2) is 0 Å². The van der Waals surface area contributed by atoms with E-state index in [0.717, 1.165) is 10.4 Å². The van der Waals surface area contributed by atoms with Crippen molar-refractivity contribution in [1.29, 1.82) is 0 Å². The predicted octanol–water partition coefficient (Wildman–Crippen LogP) is 3.22. The number of carbonyl (C=O) groups is 1. The maximum absolute atomic E-state index is 12.7. The van der Waals surface area contributed by atoms with Crippen molar-refractivity contribution in [3.8, 4) is 11.5 Å². The number of hydrogen-bond donors (Lipinski definition) is 2. The number of nitrogens with two attached hydrogens (primary N) is 1. The smallest absolute Gasteiger partial charge is 0.281 e. The first-order valence-corrected chi connectivity index (χ1v) is 8.77. The number of aromatic nitrogens is 4. The largest absolute Gasteiger partial charge is 0.381 e. The lowest BCUT2D eigenvalue weighted by Gasteiger charge is -2.07. The topological polar surface area (TPSA) is 98.7 Å². The Kier molecular flexibility index (Phi) is 4.79. The molecule has 2 aromatic heterocycles. The highest BCUT2D eigenvalue weighted by atomic mass is 16.2. The standard InChI is InChI=1S/C21H18N6O/c22-21-25-19(18-8-4-5-13-23-18)26-27(21)20(28)16-9-11-17(12-10-16)24-14-15-6-2-1-3-7-15/h1-13,24H,14H2,(H2,22,25,26). The summed E-state index contributed by atoms with van der Waals surface area (Å²) in [5, 5.41) is 7.53. The quantitative estimate of drug-likeness (QED) is 0.560. The van der Waals surface area contributed by atoms with Crippen molar-refractivity contribution in [2.24, 2.45) is 0 Å². The summed E-state index contributed by atoms with van der Waals surface area (Å²) >= 11 is 0. The Morgan fingerprint density at radius 1 is 0.964 bits per heavy atom. The van der Waals surface area contributed by atoms with Crippen molar-refractivity contribution in [2.75, 3.05) is 11.1 Å². The Bertz CT molecular complexity index is 1080. The number of nitrogens with one attached hydrogen (secondary N) is 1. The van der Waals surface area contributed by atoms with Crippen molar-refractivity contribution < 1.29 is 4.79 Å². The van der Waals surface area contributed by atoms with Gasteiger partial charge in [-0.15, -0.1) is 5.10 Å². The molecule has 2 heterocycles. The fourth-order valence-electron chi connectivity index (χ4n) is 2.73. The molecule has 138 valence electrons. The summed E-state index contributed by atoms with van der Waals surface area (Å²) < 4.78 is 1.09. The highest BCUT2D eigenvalue weighted by Gasteiger charge is 2.17. The lowest BCUT2D eigenvalue weighted by molar-refractivity contribution is 0.0948. The normalized spacial score (nSPS) is 10.6. The van der Waals surface area contributed by atoms with Gasteiger partial charge in [-0.05, 0) is 42.0 Å². The Morgan fingerprint density at radius 2 is 1.71 bits per heavy atom. The summed E-state index contributed by atoms with van der Waals surface area (Å²) in [5.41, 5.74) is 9.01. The zero-order chi connectivity index (χ0) is 19.3. The Balaban J connectivity index is 1.49. The van der Waals surface area contributed by atoms with Gasteiger partial charge < -0.3 is 11.1 Å². The Hall–Kier alpha value is -4.00. The maximum Gasteiger partial charge on any atom is 0.281 e. The van der Waals surface area contributed by atoms with Crippen LogP contribution in [0.25, 0.3) is 11.5 Å². The second-order valence-corrected chi connectivity index (χ2v) is 6.14. The minimum absolute atomic E-state index is 0.0249. The van der Waals surface area contributed by atoms with Crippen LogP contribution in [0.15, 0.2) is 79.0 Å². The second-order valence-electron chi connectivity index (χ2n) is 6.14. The van der Waals surface area contributed by atoms with Gasteiger partial charge in [-0.25, -0.2) is 0 Å². The summed E-state index contributed by atoms with van der Waals surface area (Å²) in [6.45, 7) is 0.706. The van der Waals surface area contributed by atoms with E-state index in [1.807, 2.05) is 36.4 Å². The molecular weight excluding hydrogens is 352 g/mol. The first-order valence-electron chi connectivity index (χ1n) is 8.77. The van der Waals surface area contributed by atoms with Crippen molar-refractivity contribution in [3.05, 3.63) is 90.1 Å². The molecule has 2 aromatic carbocycles. The number of anilines is 2. The summed E-state index contributed by atoms with van der Waals surface area (Å²) in [7, 11) is 0. The molecule has 4 aromatic rings. The molecule has 7 nitrogen and oxygen atoms in total. The van der Waals surface area contributed by atoms with Crippen molar-refractivity contribution >= 4 is 17.5 Å². The van der Waals surface area contributed by atoms with Crippen LogP contribution in [0.5, 0.6) is 0 Å². The fraction of sp³-hybridized carbons (Fsp3) is 0.0476. The first kappa shape index (κ1) is 17.4. The first-order chi connectivity index (χ1) is 13.7. The van der Waals surface area contributed by atoms with Gasteiger partial charge in [0.25, 0.3) is 5.91 Å². The van der Waals surface area contributed by atoms with Gasteiger partial charge >= 0.3 is 0 Å². The van der Waals surface area contributed by atoms with Gasteiger partial charge in [-0.2, -0.15) is 9.67 Å². The number of nitrogen functional groups attached to an aromatic ring is 1. The molecule has 3 N–H and O–H groups in total. The van der Waals surface area contributed by atoms with E-state index in [9.17, 15) is 4.79 Å². The third-order valence-electron chi connectivity index (χ3n) is 4.19. The molecule has 0 atom stereocenters. The molecule has 0 spiro atoms. The summed E-state index contributed by atoms with van der Waals surface area (Å²) in [5.74, 6) is -0.00804. The van der Waals surface area contributed by atoms with Crippen LogP contribution < -0.4 is 11.1 Å². The number of pyridine rings is 1. The minimum atomic E-state index is -0.346. The van der Waals surface area contributed by atoms with Crippen LogP contribution in [-0.2, 0) is 6.54 Å². The minimum Gasteiger partial charge on any atom is -0.381 e. The second kappa shape index (κ2) is 7.71. The molecule has 28 heavy (non-hydrogen) atoms. The number of nitrogens with zero attached hydrogens (tertiary/aromatic N) is 4. The molecule has 0 aliphatic carbocycles. The lowest BCUT2D eigenvalue weighted by atomic mass is 10.2. The zero-order valence-corrected chi connectivity index (χ0v) is 15.0. The third kappa shape index (κ3) is 3.73. The highest BCUT2D eigenvalue weighted by molar-refractivity contribution is 5.97. The Labute approximate surface area is 161 Å². The molecule has 0 unspecified atom stereocenters. The Morgan fingerprint density at radius 3 is 2.43 bits per heavy atom. The monoisotopic (exact) mass is 370 g/mol. The van der Waals surface area contributed by atoms with Gasteiger partial charge in [0.2, 0.25) is 11.8 Å². The fourth-order valence-corrected chi connectivity index (χ4v) is 2.73. The zero-order valence-electron chi connectivity index (χ0n) is 15.0. The van der Waals surface area contributed by atoms with E-state index < -0.39 is 0 Å². The van der Waals surface area contributed by atoms with Crippen LogP contribution in [0.1, 0.15) is 15.9 Å². The molecule has 0 saturated carbocycles. The van der Waals surface area contributed by atoms with E-state index in [0.29, 0.717) is 23.6 Å². The van der Waals surface area contributed by atoms with Crippen molar-refractivity contribution in [1.82, 2.24) is 19.7 Å². The molecule has 0 fully saturated rings. The van der Waals surface area contributed by atoms with Gasteiger partial charge in [-0.3, -0.25) is 9.78 Å². The van der Waals surface area contributed by atoms with E-state index in [-0.39, 0.29) is 11.9 Å². The van der Waals surface area contributed by atoms with Crippen LogP contribution in [0.3, 0.4) is 0 Å². The van der Waals surface area contributed by atoms with Gasteiger partial charge in [0, 0.05) is 24.0 Å². The van der Waals surface area contributed by atoms with E-state index >= 15 is 0 Å². The van der Waals surface area contributed by atoms with Gasteiger partial charge in [-0.1, -0.05) is 36.4 Å².